The number of ether oxygens (including phenoxy) is 1. The fraction of sp³-hybridized carbons (Fsp3) is 0.625. The predicted octanol–water partition coefficient (Wildman–Crippen LogP) is 3.56. The van der Waals surface area contributed by atoms with Crippen molar-refractivity contribution in [3.63, 3.8) is 0 Å². The summed E-state index contributed by atoms with van der Waals surface area (Å²) in [7, 11) is 0. The van der Waals surface area contributed by atoms with Gasteiger partial charge in [-0.3, -0.25) is 9.59 Å². The molecule has 1 fully saturated rings. The van der Waals surface area contributed by atoms with Crippen LogP contribution >= 0.6 is 0 Å². The van der Waals surface area contributed by atoms with E-state index in [4.69, 9.17) is 4.74 Å². The topological polar surface area (TPSA) is 108 Å². The maximum Gasteiger partial charge on any atom is 0.408 e. The zero-order valence-electron chi connectivity index (χ0n) is 20.4. The third-order valence-corrected chi connectivity index (χ3v) is 4.86. The van der Waals surface area contributed by atoms with Crippen molar-refractivity contribution >= 4 is 17.9 Å². The van der Waals surface area contributed by atoms with Gasteiger partial charge in [0.2, 0.25) is 11.8 Å². The third-order valence-electron chi connectivity index (χ3n) is 4.86. The van der Waals surface area contributed by atoms with Crippen molar-refractivity contribution < 1.29 is 24.2 Å². The number of amides is 3. The molecule has 0 aromatic heterocycles. The van der Waals surface area contributed by atoms with Crippen LogP contribution < -0.4 is 10.6 Å². The number of hydrogen-bond acceptors (Lipinski definition) is 5. The highest BCUT2D eigenvalue weighted by molar-refractivity contribution is 5.92. The van der Waals surface area contributed by atoms with Gasteiger partial charge in [-0.25, -0.2) is 4.79 Å². The lowest BCUT2D eigenvalue weighted by molar-refractivity contribution is -0.143. The van der Waals surface area contributed by atoms with Gasteiger partial charge >= 0.3 is 6.09 Å². The summed E-state index contributed by atoms with van der Waals surface area (Å²) in [6.07, 6.45) is 0.868. The van der Waals surface area contributed by atoms with Crippen molar-refractivity contribution in [2.24, 2.45) is 0 Å². The summed E-state index contributed by atoms with van der Waals surface area (Å²) < 4.78 is 5.27. The van der Waals surface area contributed by atoms with Crippen LogP contribution in [0.15, 0.2) is 18.2 Å². The van der Waals surface area contributed by atoms with Crippen molar-refractivity contribution in [2.45, 2.75) is 97.5 Å². The van der Waals surface area contributed by atoms with Gasteiger partial charge in [0.05, 0.1) is 0 Å². The van der Waals surface area contributed by atoms with Gasteiger partial charge in [-0.1, -0.05) is 6.07 Å². The zero-order chi connectivity index (χ0) is 24.4. The minimum atomic E-state index is -0.892. The molecule has 32 heavy (non-hydrogen) atoms. The maximum atomic E-state index is 13.5. The number of carbonyl (C=O) groups excluding carboxylic acids is 3. The fourth-order valence-electron chi connectivity index (χ4n) is 3.37. The summed E-state index contributed by atoms with van der Waals surface area (Å²) >= 11 is 0. The lowest BCUT2D eigenvalue weighted by atomic mass is 9.98. The van der Waals surface area contributed by atoms with Crippen molar-refractivity contribution in [3.05, 3.63) is 29.3 Å². The number of nitrogens with zero attached hydrogens (tertiary/aromatic N) is 1. The number of carbonyl (C=O) groups is 3. The Kier molecular flexibility index (Phi) is 7.47. The smallest absolute Gasteiger partial charge is 0.408 e. The molecule has 0 bridgehead atoms. The molecule has 0 spiro atoms. The zero-order valence-corrected chi connectivity index (χ0v) is 20.4. The van der Waals surface area contributed by atoms with E-state index in [0.29, 0.717) is 11.1 Å². The van der Waals surface area contributed by atoms with E-state index in [1.165, 1.54) is 6.07 Å². The number of phenolic OH excluding ortho intramolecular Hbond substituents is 1. The SMILES string of the molecule is Cc1cc(C(C(=O)NC(C)(C)C)N(C(=O)C(C)NC(=O)OC(C)(C)C)C2CC2)ccc1O. The number of rotatable bonds is 6. The highest BCUT2D eigenvalue weighted by Crippen LogP contribution is 2.36. The van der Waals surface area contributed by atoms with Crippen LogP contribution in [0.2, 0.25) is 0 Å². The molecule has 178 valence electrons. The molecule has 1 saturated carbocycles. The summed E-state index contributed by atoms with van der Waals surface area (Å²) in [5, 5.41) is 15.5. The first-order valence-corrected chi connectivity index (χ1v) is 11.0. The molecule has 1 aromatic carbocycles. The Hall–Kier alpha value is -2.77. The van der Waals surface area contributed by atoms with Crippen molar-refractivity contribution in [3.8, 4) is 5.75 Å². The fourth-order valence-corrected chi connectivity index (χ4v) is 3.37. The van der Waals surface area contributed by atoms with Crippen molar-refractivity contribution in [1.82, 2.24) is 15.5 Å². The number of benzene rings is 1. The Morgan fingerprint density at radius 3 is 2.19 bits per heavy atom. The molecule has 8 nitrogen and oxygen atoms in total. The summed E-state index contributed by atoms with van der Waals surface area (Å²) in [5.74, 6) is -0.557. The van der Waals surface area contributed by atoms with Gasteiger partial charge in [0.25, 0.3) is 0 Å². The quantitative estimate of drug-likeness (QED) is 0.618. The molecule has 1 aromatic rings. The number of nitrogens with one attached hydrogen (secondary N) is 2. The van der Waals surface area contributed by atoms with Gasteiger partial charge in [0, 0.05) is 11.6 Å². The molecule has 0 saturated heterocycles. The molecule has 3 N–H and O–H groups in total. The Morgan fingerprint density at radius 1 is 1.12 bits per heavy atom. The number of alkyl carbamates (subject to hydrolysis) is 1. The van der Waals surface area contributed by atoms with Crippen LogP contribution in [0, 0.1) is 6.92 Å². The molecule has 3 amide bonds. The maximum absolute atomic E-state index is 13.5. The van der Waals surface area contributed by atoms with E-state index in [2.05, 4.69) is 10.6 Å². The van der Waals surface area contributed by atoms with E-state index >= 15 is 0 Å². The van der Waals surface area contributed by atoms with Crippen LogP contribution in [-0.2, 0) is 14.3 Å². The van der Waals surface area contributed by atoms with E-state index in [1.54, 1.807) is 51.7 Å². The molecule has 1 aliphatic rings. The van der Waals surface area contributed by atoms with Gasteiger partial charge in [-0.05, 0) is 91.5 Å². The first kappa shape index (κ1) is 25.5. The number of phenols is 1. The normalized spacial score (nSPS) is 16.0. The Balaban J connectivity index is 2.38. The molecule has 1 aliphatic carbocycles. The summed E-state index contributed by atoms with van der Waals surface area (Å²) in [6, 6.07) is 3.03. The first-order chi connectivity index (χ1) is 14.6. The van der Waals surface area contributed by atoms with Crippen molar-refractivity contribution in [1.29, 1.82) is 0 Å². The minimum absolute atomic E-state index is 0.102. The third kappa shape index (κ3) is 7.14. The summed E-state index contributed by atoms with van der Waals surface area (Å²) in [6.45, 7) is 14.2. The van der Waals surface area contributed by atoms with Crippen LogP contribution in [0.4, 0.5) is 4.79 Å². The standard InChI is InChI=1S/C24H37N3O5/c1-14-13-16(9-12-18(14)28)19(20(29)26-23(3,4)5)27(17-10-11-17)21(30)15(2)25-22(31)32-24(6,7)8/h9,12-13,15,17,19,28H,10-11H2,1-8H3,(H,25,31)(H,26,29). The summed E-state index contributed by atoms with van der Waals surface area (Å²) in [5.41, 5.74) is 0.0211. The highest BCUT2D eigenvalue weighted by Gasteiger charge is 2.43. The number of aryl methyl sites for hydroxylation is 1. The second kappa shape index (κ2) is 9.38. The lowest BCUT2D eigenvalue weighted by Crippen LogP contribution is -2.54. The average Bonchev–Trinajstić information content (AvgIpc) is 3.43. The Bertz CT molecular complexity index is 865. The molecule has 2 unspecified atom stereocenters. The molecular formula is C24H37N3O5. The minimum Gasteiger partial charge on any atom is -0.508 e. The number of aromatic hydroxyl groups is 1. The van der Waals surface area contributed by atoms with E-state index in [-0.39, 0.29) is 23.6 Å². The molecule has 0 radical (unpaired) electrons. The highest BCUT2D eigenvalue weighted by atomic mass is 16.6. The molecule has 8 heteroatoms. The predicted molar refractivity (Wildman–Crippen MR) is 122 cm³/mol. The van der Waals surface area contributed by atoms with Gasteiger partial charge in [0.1, 0.15) is 23.4 Å². The van der Waals surface area contributed by atoms with Crippen LogP contribution in [0.3, 0.4) is 0 Å². The van der Waals surface area contributed by atoms with E-state index < -0.39 is 29.3 Å². The van der Waals surface area contributed by atoms with Crippen LogP contribution in [0.1, 0.15) is 78.5 Å². The number of hydrogen-bond donors (Lipinski definition) is 3. The van der Waals surface area contributed by atoms with Gasteiger partial charge in [0.15, 0.2) is 0 Å². The van der Waals surface area contributed by atoms with Crippen LogP contribution in [0.5, 0.6) is 5.75 Å². The molecule has 0 aliphatic heterocycles. The summed E-state index contributed by atoms with van der Waals surface area (Å²) in [4.78, 5) is 40.7. The van der Waals surface area contributed by atoms with Gasteiger partial charge < -0.3 is 25.4 Å². The molecule has 2 atom stereocenters. The van der Waals surface area contributed by atoms with Crippen LogP contribution in [-0.4, -0.2) is 51.1 Å². The lowest BCUT2D eigenvalue weighted by Gasteiger charge is -2.35. The van der Waals surface area contributed by atoms with Gasteiger partial charge in [-0.15, -0.1) is 0 Å². The largest absolute Gasteiger partial charge is 0.508 e. The Labute approximate surface area is 190 Å². The first-order valence-electron chi connectivity index (χ1n) is 11.0. The van der Waals surface area contributed by atoms with Gasteiger partial charge in [-0.2, -0.15) is 0 Å². The monoisotopic (exact) mass is 447 g/mol. The molecular weight excluding hydrogens is 410 g/mol. The molecule has 2 rings (SSSR count). The van der Waals surface area contributed by atoms with E-state index in [0.717, 1.165) is 12.8 Å². The molecule has 0 heterocycles. The Morgan fingerprint density at radius 2 is 1.72 bits per heavy atom. The van der Waals surface area contributed by atoms with E-state index in [1.807, 2.05) is 20.8 Å². The average molecular weight is 448 g/mol. The van der Waals surface area contributed by atoms with Crippen LogP contribution in [0.25, 0.3) is 0 Å². The second-order valence-electron chi connectivity index (χ2n) is 10.5. The second-order valence-corrected chi connectivity index (χ2v) is 10.5. The van der Waals surface area contributed by atoms with E-state index in [9.17, 15) is 19.5 Å². The van der Waals surface area contributed by atoms with Crippen molar-refractivity contribution in [2.75, 3.05) is 0 Å².